The summed E-state index contributed by atoms with van der Waals surface area (Å²) in [5.74, 6) is -1.08. The lowest BCUT2D eigenvalue weighted by Crippen LogP contribution is -2.14. The number of halogens is 3. The molecule has 0 aliphatic carbocycles. The van der Waals surface area contributed by atoms with Gasteiger partial charge in [-0.05, 0) is 19.8 Å². The number of aryl methyl sites for hydroxylation is 2. The zero-order chi connectivity index (χ0) is 13.1. The van der Waals surface area contributed by atoms with Gasteiger partial charge in [0.1, 0.15) is 11.3 Å². The number of carboxylic acid groups (broad SMARTS) is 1. The molecule has 0 spiro atoms. The number of aromatic nitrogens is 1. The maximum atomic E-state index is 11.6. The topological polar surface area (TPSA) is 72.6 Å². The third-order valence-electron chi connectivity index (χ3n) is 1.97. The van der Waals surface area contributed by atoms with Crippen LogP contribution in [0.25, 0.3) is 0 Å². The molecule has 1 aromatic rings. The molecule has 0 saturated heterocycles. The summed E-state index contributed by atoms with van der Waals surface area (Å²) in [6.45, 7) is 0.876. The van der Waals surface area contributed by atoms with Crippen LogP contribution in [0.1, 0.15) is 28.2 Å². The van der Waals surface area contributed by atoms with Crippen LogP contribution in [0.5, 0.6) is 0 Å². The largest absolute Gasteiger partial charge is 0.522 e. The number of ether oxygens (including phenoxy) is 1. The van der Waals surface area contributed by atoms with Crippen molar-refractivity contribution in [3.63, 3.8) is 0 Å². The van der Waals surface area contributed by atoms with E-state index >= 15 is 0 Å². The first-order valence-corrected chi connectivity index (χ1v) is 4.70. The summed E-state index contributed by atoms with van der Waals surface area (Å²) < 4.78 is 43.1. The molecule has 1 aromatic heterocycles. The van der Waals surface area contributed by atoms with Gasteiger partial charge in [0.25, 0.3) is 0 Å². The SMILES string of the molecule is Cc1onc(CCCOC(F)(F)F)c1C(=O)O. The zero-order valence-electron chi connectivity index (χ0n) is 8.87. The molecule has 0 aromatic carbocycles. The maximum Gasteiger partial charge on any atom is 0.522 e. The Balaban J connectivity index is 2.50. The Morgan fingerprint density at radius 2 is 2.18 bits per heavy atom. The van der Waals surface area contributed by atoms with E-state index in [1.165, 1.54) is 6.92 Å². The zero-order valence-corrected chi connectivity index (χ0v) is 8.87. The van der Waals surface area contributed by atoms with Gasteiger partial charge in [-0.1, -0.05) is 5.16 Å². The molecule has 0 unspecified atom stereocenters. The van der Waals surface area contributed by atoms with Crippen molar-refractivity contribution in [1.29, 1.82) is 0 Å². The summed E-state index contributed by atoms with van der Waals surface area (Å²) in [5.41, 5.74) is 0.0257. The maximum absolute atomic E-state index is 11.6. The highest BCUT2D eigenvalue weighted by Gasteiger charge is 2.28. The summed E-state index contributed by atoms with van der Waals surface area (Å²) in [5, 5.41) is 12.3. The van der Waals surface area contributed by atoms with Crippen LogP contribution >= 0.6 is 0 Å². The van der Waals surface area contributed by atoms with Crippen LogP contribution in [0.15, 0.2) is 4.52 Å². The summed E-state index contributed by atoms with van der Waals surface area (Å²) in [6, 6.07) is 0. The Hall–Kier alpha value is -1.57. The Morgan fingerprint density at radius 1 is 1.53 bits per heavy atom. The van der Waals surface area contributed by atoms with Crippen molar-refractivity contribution in [2.45, 2.75) is 26.1 Å². The highest BCUT2D eigenvalue weighted by molar-refractivity contribution is 5.89. The van der Waals surface area contributed by atoms with Crippen molar-refractivity contribution in [3.05, 3.63) is 17.0 Å². The second-order valence-electron chi connectivity index (χ2n) is 3.26. The highest BCUT2D eigenvalue weighted by atomic mass is 19.4. The molecule has 0 atom stereocenters. The Morgan fingerprint density at radius 3 is 2.71 bits per heavy atom. The standard InChI is InChI=1S/C9H10F3NO4/c1-5-7(8(14)15)6(13-17-5)3-2-4-16-9(10,11)12/h2-4H2,1H3,(H,14,15). The third-order valence-corrected chi connectivity index (χ3v) is 1.97. The van der Waals surface area contributed by atoms with E-state index in [2.05, 4.69) is 14.4 Å². The van der Waals surface area contributed by atoms with Gasteiger partial charge >= 0.3 is 12.3 Å². The van der Waals surface area contributed by atoms with Crippen LogP contribution in [0.3, 0.4) is 0 Å². The summed E-state index contributed by atoms with van der Waals surface area (Å²) in [6.07, 6.45) is -4.61. The lowest BCUT2D eigenvalue weighted by atomic mass is 10.1. The molecule has 1 heterocycles. The molecule has 17 heavy (non-hydrogen) atoms. The van der Waals surface area contributed by atoms with Crippen molar-refractivity contribution in [1.82, 2.24) is 5.16 Å². The average molecular weight is 253 g/mol. The second kappa shape index (κ2) is 5.17. The Kier molecular flexibility index (Phi) is 4.11. The van der Waals surface area contributed by atoms with Gasteiger partial charge in [0, 0.05) is 0 Å². The molecule has 5 nitrogen and oxygen atoms in total. The van der Waals surface area contributed by atoms with E-state index in [9.17, 15) is 18.0 Å². The van der Waals surface area contributed by atoms with Crippen molar-refractivity contribution < 1.29 is 32.3 Å². The monoisotopic (exact) mass is 253 g/mol. The predicted molar refractivity (Wildman–Crippen MR) is 48.5 cm³/mol. The van der Waals surface area contributed by atoms with Crippen LogP contribution in [-0.4, -0.2) is 29.2 Å². The van der Waals surface area contributed by atoms with Gasteiger partial charge in [-0.2, -0.15) is 0 Å². The summed E-state index contributed by atoms with van der Waals surface area (Å²) >= 11 is 0. The highest BCUT2D eigenvalue weighted by Crippen LogP contribution is 2.18. The van der Waals surface area contributed by atoms with E-state index in [-0.39, 0.29) is 29.9 Å². The van der Waals surface area contributed by atoms with Gasteiger partial charge in [0.2, 0.25) is 0 Å². The van der Waals surface area contributed by atoms with Crippen molar-refractivity contribution in [3.8, 4) is 0 Å². The molecule has 1 N–H and O–H groups in total. The van der Waals surface area contributed by atoms with E-state index in [0.717, 1.165) is 0 Å². The lowest BCUT2D eigenvalue weighted by Gasteiger charge is -2.05. The fourth-order valence-corrected chi connectivity index (χ4v) is 1.29. The Bertz CT molecular complexity index is 399. The average Bonchev–Trinajstić information content (AvgIpc) is 2.53. The van der Waals surface area contributed by atoms with Gasteiger partial charge in [-0.15, -0.1) is 13.2 Å². The van der Waals surface area contributed by atoms with Gasteiger partial charge < -0.3 is 9.63 Å². The number of nitrogens with zero attached hydrogens (tertiary/aromatic N) is 1. The molecule has 96 valence electrons. The Labute approximate surface area is 94.2 Å². The minimum absolute atomic E-state index is 0.00572. The van der Waals surface area contributed by atoms with Gasteiger partial charge in [-0.3, -0.25) is 4.74 Å². The second-order valence-corrected chi connectivity index (χ2v) is 3.26. The number of carbonyl (C=O) groups is 1. The number of carboxylic acids is 1. The van der Waals surface area contributed by atoms with Crippen molar-refractivity contribution in [2.24, 2.45) is 0 Å². The fraction of sp³-hybridized carbons (Fsp3) is 0.556. The van der Waals surface area contributed by atoms with E-state index < -0.39 is 18.9 Å². The van der Waals surface area contributed by atoms with Crippen LogP contribution in [0, 0.1) is 6.92 Å². The summed E-state index contributed by atoms with van der Waals surface area (Å²) in [4.78, 5) is 10.8. The molecule has 0 radical (unpaired) electrons. The minimum atomic E-state index is -4.67. The number of aromatic carboxylic acids is 1. The van der Waals surface area contributed by atoms with Crippen LogP contribution < -0.4 is 0 Å². The quantitative estimate of drug-likeness (QED) is 0.814. The minimum Gasteiger partial charge on any atom is -0.477 e. The smallest absolute Gasteiger partial charge is 0.477 e. The molecule has 0 aliphatic rings. The number of hydrogen-bond donors (Lipinski definition) is 1. The van der Waals surface area contributed by atoms with Crippen LogP contribution in [0.4, 0.5) is 13.2 Å². The first kappa shape index (κ1) is 13.5. The normalized spacial score (nSPS) is 11.8. The van der Waals surface area contributed by atoms with Crippen molar-refractivity contribution in [2.75, 3.05) is 6.61 Å². The van der Waals surface area contributed by atoms with E-state index in [1.54, 1.807) is 0 Å². The molecule has 8 heteroatoms. The molecule has 0 fully saturated rings. The predicted octanol–water partition coefficient (Wildman–Crippen LogP) is 2.15. The first-order valence-electron chi connectivity index (χ1n) is 4.70. The van der Waals surface area contributed by atoms with E-state index in [4.69, 9.17) is 5.11 Å². The molecule has 1 rings (SSSR count). The first-order chi connectivity index (χ1) is 7.81. The molecular formula is C9H10F3NO4. The molecule has 0 bridgehead atoms. The third kappa shape index (κ3) is 4.06. The van der Waals surface area contributed by atoms with E-state index in [1.807, 2.05) is 0 Å². The van der Waals surface area contributed by atoms with Crippen molar-refractivity contribution >= 4 is 5.97 Å². The number of alkyl halides is 3. The number of rotatable bonds is 5. The molecule has 0 saturated carbocycles. The molecule has 0 amide bonds. The number of hydrogen-bond acceptors (Lipinski definition) is 4. The van der Waals surface area contributed by atoms with Crippen LogP contribution in [0.2, 0.25) is 0 Å². The molecule has 0 aliphatic heterocycles. The van der Waals surface area contributed by atoms with Crippen LogP contribution in [-0.2, 0) is 11.2 Å². The van der Waals surface area contributed by atoms with E-state index in [0.29, 0.717) is 0 Å². The summed E-state index contributed by atoms with van der Waals surface area (Å²) in [7, 11) is 0. The fourth-order valence-electron chi connectivity index (χ4n) is 1.29. The van der Waals surface area contributed by atoms with Gasteiger partial charge in [0.15, 0.2) is 0 Å². The molecular weight excluding hydrogens is 243 g/mol. The van der Waals surface area contributed by atoms with Gasteiger partial charge in [0.05, 0.1) is 12.3 Å². The van der Waals surface area contributed by atoms with Gasteiger partial charge in [-0.25, -0.2) is 4.79 Å². The lowest BCUT2D eigenvalue weighted by molar-refractivity contribution is -0.324.